The highest BCUT2D eigenvalue weighted by molar-refractivity contribution is 9.12. The molecule has 1 aliphatic heterocycles. The predicted octanol–water partition coefficient (Wildman–Crippen LogP) is 5.16. The largest absolute Gasteiger partial charge is 0.292 e. The second-order valence-electron chi connectivity index (χ2n) is 7.98. The monoisotopic (exact) mass is 614 g/mol. The van der Waals surface area contributed by atoms with Crippen molar-refractivity contribution >= 4 is 78.6 Å². The molecule has 0 radical (unpaired) electrons. The van der Waals surface area contributed by atoms with Gasteiger partial charge in [-0.25, -0.2) is 5.01 Å². The fraction of sp³-hybridized carbons (Fsp3) is 0.304. The minimum Gasteiger partial charge on any atom is -0.292 e. The van der Waals surface area contributed by atoms with Crippen LogP contribution in [0.4, 0.5) is 0 Å². The zero-order chi connectivity index (χ0) is 23.9. The van der Waals surface area contributed by atoms with Gasteiger partial charge in [0.25, 0.3) is 17.7 Å². The first-order chi connectivity index (χ1) is 15.7. The summed E-state index contributed by atoms with van der Waals surface area (Å²) < 4.78 is 0. The SMILES string of the molecule is O=C(CN(C(=O)c1ccc(Cl)cc1Cl)N1C(=O)[C@@H]2C[C@H](Br)[C@@H](Br)C[C@H]2C1=O)c1ccccc1. The van der Waals surface area contributed by atoms with Crippen molar-refractivity contribution in [1.29, 1.82) is 0 Å². The van der Waals surface area contributed by atoms with Gasteiger partial charge in [0.15, 0.2) is 5.78 Å². The van der Waals surface area contributed by atoms with Gasteiger partial charge < -0.3 is 0 Å². The smallest absolute Gasteiger partial charge is 0.274 e. The molecule has 4 rings (SSSR count). The highest BCUT2D eigenvalue weighted by atomic mass is 79.9. The summed E-state index contributed by atoms with van der Waals surface area (Å²) in [4.78, 5) is 53.3. The van der Waals surface area contributed by atoms with Crippen molar-refractivity contribution in [2.75, 3.05) is 6.54 Å². The molecule has 2 fully saturated rings. The zero-order valence-corrected chi connectivity index (χ0v) is 21.8. The molecule has 6 nitrogen and oxygen atoms in total. The first-order valence-corrected chi connectivity index (χ1v) is 12.8. The van der Waals surface area contributed by atoms with E-state index < -0.39 is 41.9 Å². The molecular formula is C23H18Br2Cl2N2O4. The number of halogens is 4. The molecule has 33 heavy (non-hydrogen) atoms. The third-order valence-corrected chi connectivity index (χ3v) is 9.20. The second kappa shape index (κ2) is 9.86. The molecule has 1 heterocycles. The Kier molecular flexibility index (Phi) is 7.29. The van der Waals surface area contributed by atoms with Crippen LogP contribution in [0.5, 0.6) is 0 Å². The number of nitrogens with zero attached hydrogens (tertiary/aromatic N) is 2. The summed E-state index contributed by atoms with van der Waals surface area (Å²) in [5.74, 6) is -3.27. The van der Waals surface area contributed by atoms with E-state index in [9.17, 15) is 19.2 Å². The average Bonchev–Trinajstić information content (AvgIpc) is 3.02. The number of fused-ring (bicyclic) bond motifs is 1. The van der Waals surface area contributed by atoms with Gasteiger partial charge in [-0.3, -0.25) is 19.2 Å². The Hall–Kier alpha value is -1.74. The van der Waals surface area contributed by atoms with E-state index in [0.717, 1.165) is 10.0 Å². The molecule has 1 aliphatic carbocycles. The minimum absolute atomic E-state index is 0.0104. The molecule has 1 saturated heterocycles. The van der Waals surface area contributed by atoms with Crippen molar-refractivity contribution in [2.24, 2.45) is 11.8 Å². The number of alkyl halides is 2. The molecule has 0 spiro atoms. The topological polar surface area (TPSA) is 74.8 Å². The lowest BCUT2D eigenvalue weighted by Gasteiger charge is -2.30. The van der Waals surface area contributed by atoms with Crippen molar-refractivity contribution in [3.05, 3.63) is 69.7 Å². The van der Waals surface area contributed by atoms with Gasteiger partial charge in [0, 0.05) is 20.2 Å². The lowest BCUT2D eigenvalue weighted by molar-refractivity contribution is -0.154. The summed E-state index contributed by atoms with van der Waals surface area (Å²) in [7, 11) is 0. The summed E-state index contributed by atoms with van der Waals surface area (Å²) in [6.45, 7) is -0.492. The summed E-state index contributed by atoms with van der Waals surface area (Å²) in [5.41, 5.74) is 0.393. The lowest BCUT2D eigenvalue weighted by atomic mass is 9.81. The van der Waals surface area contributed by atoms with Gasteiger partial charge in [-0.15, -0.1) is 0 Å². The Morgan fingerprint density at radius 2 is 1.52 bits per heavy atom. The zero-order valence-electron chi connectivity index (χ0n) is 17.1. The molecule has 1 saturated carbocycles. The van der Waals surface area contributed by atoms with Crippen LogP contribution >= 0.6 is 55.1 Å². The van der Waals surface area contributed by atoms with E-state index in [1.807, 2.05) is 0 Å². The quantitative estimate of drug-likeness (QED) is 0.264. The van der Waals surface area contributed by atoms with E-state index in [1.54, 1.807) is 30.3 Å². The summed E-state index contributed by atoms with van der Waals surface area (Å²) in [5, 5.41) is 2.14. The van der Waals surface area contributed by atoms with Gasteiger partial charge in [-0.1, -0.05) is 85.4 Å². The maximum atomic E-state index is 13.5. The molecule has 2 aromatic rings. The molecule has 0 aromatic heterocycles. The molecule has 2 aromatic carbocycles. The second-order valence-corrected chi connectivity index (χ2v) is 11.2. The molecule has 2 aliphatic rings. The Morgan fingerprint density at radius 3 is 2.06 bits per heavy atom. The number of amides is 3. The van der Waals surface area contributed by atoms with Gasteiger partial charge in [0.2, 0.25) is 0 Å². The van der Waals surface area contributed by atoms with E-state index in [4.69, 9.17) is 23.2 Å². The molecule has 0 bridgehead atoms. The number of imide groups is 1. The van der Waals surface area contributed by atoms with Gasteiger partial charge in [-0.05, 0) is 31.0 Å². The summed E-state index contributed by atoms with van der Waals surface area (Å²) in [6.07, 6.45) is 0.885. The van der Waals surface area contributed by atoms with E-state index in [0.29, 0.717) is 23.4 Å². The van der Waals surface area contributed by atoms with Crippen LogP contribution in [0.15, 0.2) is 48.5 Å². The van der Waals surface area contributed by atoms with Crippen LogP contribution < -0.4 is 0 Å². The number of benzene rings is 2. The van der Waals surface area contributed by atoms with Crippen molar-refractivity contribution < 1.29 is 19.2 Å². The fourth-order valence-electron chi connectivity index (χ4n) is 4.20. The van der Waals surface area contributed by atoms with Crippen molar-refractivity contribution in [3.63, 3.8) is 0 Å². The molecule has 10 heteroatoms. The van der Waals surface area contributed by atoms with Crippen molar-refractivity contribution in [1.82, 2.24) is 10.0 Å². The fourth-order valence-corrected chi connectivity index (χ4v) is 5.93. The minimum atomic E-state index is -0.730. The molecule has 4 atom stereocenters. The van der Waals surface area contributed by atoms with E-state index in [1.165, 1.54) is 18.2 Å². The number of rotatable bonds is 5. The molecule has 172 valence electrons. The van der Waals surface area contributed by atoms with Crippen LogP contribution in [-0.2, 0) is 9.59 Å². The Balaban J connectivity index is 1.72. The lowest BCUT2D eigenvalue weighted by Crippen LogP contribution is -2.52. The van der Waals surface area contributed by atoms with Gasteiger partial charge >= 0.3 is 0 Å². The first-order valence-electron chi connectivity index (χ1n) is 10.2. The number of hydrogen-bond donors (Lipinski definition) is 0. The summed E-state index contributed by atoms with van der Waals surface area (Å²) >= 11 is 19.3. The maximum absolute atomic E-state index is 13.5. The number of carbonyl (C=O) groups is 4. The van der Waals surface area contributed by atoms with E-state index in [2.05, 4.69) is 31.9 Å². The standard InChI is InChI=1S/C23H18Br2Cl2N2O4/c24-17-9-15-16(10-18(17)25)23(33)29(22(15)32)28(11-20(30)12-4-2-1-3-5-12)21(31)14-7-6-13(26)8-19(14)27/h1-8,15-18H,9-11H2/t15-,16-,17+,18+/m1/s1. The number of hydrazine groups is 1. The Labute approximate surface area is 217 Å². The Morgan fingerprint density at radius 1 is 0.939 bits per heavy atom. The van der Waals surface area contributed by atoms with Crippen LogP contribution in [0.25, 0.3) is 0 Å². The van der Waals surface area contributed by atoms with Gasteiger partial charge in [-0.2, -0.15) is 5.01 Å². The van der Waals surface area contributed by atoms with Crippen LogP contribution in [0, 0.1) is 11.8 Å². The summed E-state index contributed by atoms with van der Waals surface area (Å²) in [6, 6.07) is 12.7. The van der Waals surface area contributed by atoms with E-state index >= 15 is 0 Å². The van der Waals surface area contributed by atoms with Crippen LogP contribution in [0.3, 0.4) is 0 Å². The first kappa shape index (κ1) is 24.4. The number of hydrogen-bond acceptors (Lipinski definition) is 4. The number of Topliss-reactive ketones (excluding diaryl/α,β-unsaturated/α-hetero) is 1. The highest BCUT2D eigenvalue weighted by Gasteiger charge is 2.54. The predicted molar refractivity (Wildman–Crippen MR) is 132 cm³/mol. The van der Waals surface area contributed by atoms with E-state index in [-0.39, 0.29) is 20.2 Å². The van der Waals surface area contributed by atoms with Crippen LogP contribution in [-0.4, -0.2) is 49.7 Å². The third kappa shape index (κ3) is 4.76. The van der Waals surface area contributed by atoms with Crippen LogP contribution in [0.2, 0.25) is 10.0 Å². The normalized spacial score (nSPS) is 24.5. The van der Waals surface area contributed by atoms with Gasteiger partial charge in [0.1, 0.15) is 6.54 Å². The van der Waals surface area contributed by atoms with Crippen molar-refractivity contribution in [3.8, 4) is 0 Å². The van der Waals surface area contributed by atoms with Gasteiger partial charge in [0.05, 0.1) is 22.4 Å². The van der Waals surface area contributed by atoms with Crippen molar-refractivity contribution in [2.45, 2.75) is 22.5 Å². The molecule has 0 unspecified atom stereocenters. The molecule has 3 amide bonds. The molecule has 0 N–H and O–H groups in total. The third-order valence-electron chi connectivity index (χ3n) is 5.91. The van der Waals surface area contributed by atoms with Crippen LogP contribution in [0.1, 0.15) is 33.6 Å². The highest BCUT2D eigenvalue weighted by Crippen LogP contribution is 2.43. The average molecular weight is 617 g/mol. The Bertz CT molecular complexity index is 1100. The number of ketones is 1. The number of carbonyl (C=O) groups excluding carboxylic acids is 4. The maximum Gasteiger partial charge on any atom is 0.274 e. The molecular weight excluding hydrogens is 599 g/mol.